The smallest absolute Gasteiger partial charge is 0.179 e. The van der Waals surface area contributed by atoms with E-state index in [2.05, 4.69) is 262 Å². The summed E-state index contributed by atoms with van der Waals surface area (Å²) in [6, 6.07) is 92.2. The van der Waals surface area contributed by atoms with Crippen molar-refractivity contribution in [1.29, 1.82) is 0 Å². The van der Waals surface area contributed by atoms with E-state index in [-0.39, 0.29) is 0 Å². The molecule has 0 atom stereocenters. The van der Waals surface area contributed by atoms with Gasteiger partial charge in [-0.15, -0.1) is 0 Å². The van der Waals surface area contributed by atoms with Crippen LogP contribution < -0.4 is 20.7 Å². The third-order valence-corrected chi connectivity index (χ3v) is 18.3. The van der Waals surface area contributed by atoms with Crippen LogP contribution in [0.15, 0.2) is 249 Å². The monoisotopic (exact) mass is 831 g/mol. The van der Waals surface area contributed by atoms with Crippen molar-refractivity contribution in [3.8, 4) is 17.1 Å². The number of rotatable bonds is 7. The van der Waals surface area contributed by atoms with Gasteiger partial charge in [0.2, 0.25) is 0 Å². The molecule has 0 aliphatic rings. The average Bonchev–Trinajstić information content (AvgIpc) is 4.02. The van der Waals surface area contributed by atoms with E-state index in [1.807, 2.05) is 0 Å². The van der Waals surface area contributed by atoms with Gasteiger partial charge in [0.05, 0.1) is 44.5 Å². The third kappa shape index (κ3) is 5.21. The minimum absolute atomic E-state index is 1.15. The minimum Gasteiger partial charge on any atom is -0.309 e. The van der Waals surface area contributed by atoms with E-state index in [1.165, 1.54) is 86.2 Å². The van der Waals surface area contributed by atoms with Gasteiger partial charge in [-0.2, -0.15) is 0 Å². The second-order valence-corrected chi connectivity index (χ2v) is 20.6. The van der Waals surface area contributed by atoms with E-state index in [9.17, 15) is 0 Å². The fourth-order valence-electron chi connectivity index (χ4n) is 11.0. The van der Waals surface area contributed by atoms with Crippen LogP contribution in [0.2, 0.25) is 0 Å². The standard InChI is InChI=1S/C60H41N3Si/c1-4-22-43(23-5-1)64(44-24-6-2-7-25-44,45-26-8-3-9-27-45)46-28-18-21-42(41-46)61-55-37-17-13-32-51(55)59-56(61)38-20-39-57(59)63-54-36-16-12-31-49(54)50-33-19-40-58(60(50)63)62-52-34-14-10-29-47(52)48-30-11-15-35-53(48)62/h1-41H. The number of aromatic nitrogens is 3. The van der Waals surface area contributed by atoms with Crippen molar-refractivity contribution in [3.05, 3.63) is 249 Å². The number of benzene rings is 10. The molecule has 3 heterocycles. The van der Waals surface area contributed by atoms with E-state index in [0.717, 1.165) is 17.1 Å². The van der Waals surface area contributed by atoms with Crippen LogP contribution in [0.3, 0.4) is 0 Å². The van der Waals surface area contributed by atoms with E-state index in [0.29, 0.717) is 0 Å². The first-order valence-electron chi connectivity index (χ1n) is 22.1. The van der Waals surface area contributed by atoms with Crippen LogP contribution in [-0.4, -0.2) is 21.8 Å². The first-order chi connectivity index (χ1) is 31.8. The first kappa shape index (κ1) is 36.5. The van der Waals surface area contributed by atoms with E-state index in [1.54, 1.807) is 0 Å². The fraction of sp³-hybridized carbons (Fsp3) is 0. The zero-order valence-electron chi connectivity index (χ0n) is 35.0. The summed E-state index contributed by atoms with van der Waals surface area (Å²) in [7, 11) is -2.79. The maximum Gasteiger partial charge on any atom is 0.179 e. The molecule has 0 aliphatic carbocycles. The molecule has 3 nitrogen and oxygen atoms in total. The number of nitrogens with zero attached hydrogens (tertiary/aromatic N) is 3. The van der Waals surface area contributed by atoms with Crippen molar-refractivity contribution in [2.24, 2.45) is 0 Å². The van der Waals surface area contributed by atoms with Crippen molar-refractivity contribution < 1.29 is 0 Å². The summed E-state index contributed by atoms with van der Waals surface area (Å²) in [6.07, 6.45) is 0. The minimum atomic E-state index is -2.79. The fourth-order valence-corrected chi connectivity index (χ4v) is 15.8. The molecule has 0 saturated heterocycles. The Hall–Kier alpha value is -8.18. The molecule has 13 rings (SSSR count). The maximum atomic E-state index is 2.54. The van der Waals surface area contributed by atoms with E-state index in [4.69, 9.17) is 0 Å². The van der Waals surface area contributed by atoms with Gasteiger partial charge in [-0.25, -0.2) is 0 Å². The van der Waals surface area contributed by atoms with Crippen LogP contribution in [0.25, 0.3) is 82.5 Å². The molecule has 3 aromatic heterocycles. The Morgan fingerprint density at radius 1 is 0.250 bits per heavy atom. The van der Waals surface area contributed by atoms with Gasteiger partial charge in [-0.3, -0.25) is 0 Å². The normalized spacial score (nSPS) is 12.1. The summed E-state index contributed by atoms with van der Waals surface area (Å²) in [5, 5.41) is 12.8. The van der Waals surface area contributed by atoms with Crippen LogP contribution in [0.4, 0.5) is 0 Å². The van der Waals surface area contributed by atoms with Gasteiger partial charge in [0.1, 0.15) is 0 Å². The molecule has 0 unspecified atom stereocenters. The molecule has 0 bridgehead atoms. The molecule has 0 spiro atoms. The van der Waals surface area contributed by atoms with Crippen LogP contribution in [0, 0.1) is 0 Å². The third-order valence-electron chi connectivity index (χ3n) is 13.6. The molecule has 0 saturated carbocycles. The van der Waals surface area contributed by atoms with Crippen LogP contribution in [0.5, 0.6) is 0 Å². The van der Waals surface area contributed by atoms with Gasteiger partial charge in [0.25, 0.3) is 0 Å². The summed E-state index contributed by atoms with van der Waals surface area (Å²) >= 11 is 0. The SMILES string of the molecule is c1ccc([Si](c2ccccc2)(c2ccccc2)c2cccc(-n3c4ccccc4c4c(-n5c6ccccc6c6cccc(-n7c8ccccc8c8ccccc87)c65)cccc43)c2)cc1. The number of para-hydroxylation sites is 5. The second kappa shape index (κ2) is 14.5. The summed E-state index contributed by atoms with van der Waals surface area (Å²) in [5.74, 6) is 0. The van der Waals surface area contributed by atoms with Crippen molar-refractivity contribution in [2.75, 3.05) is 0 Å². The lowest BCUT2D eigenvalue weighted by Crippen LogP contribution is -2.74. The molecule has 300 valence electrons. The van der Waals surface area contributed by atoms with Gasteiger partial charge in [-0.05, 0) is 75.3 Å². The molecule has 10 aromatic carbocycles. The quantitative estimate of drug-likeness (QED) is 0.112. The Bertz CT molecular complexity index is 3750. The lowest BCUT2D eigenvalue weighted by Gasteiger charge is -2.34. The summed E-state index contributed by atoms with van der Waals surface area (Å²) in [4.78, 5) is 0. The predicted octanol–water partition coefficient (Wildman–Crippen LogP) is 12.4. The molecule has 0 amide bonds. The molecule has 13 aromatic rings. The highest BCUT2D eigenvalue weighted by Crippen LogP contribution is 2.43. The molecule has 0 radical (unpaired) electrons. The lowest BCUT2D eigenvalue weighted by atomic mass is 10.1. The zero-order chi connectivity index (χ0) is 42.2. The van der Waals surface area contributed by atoms with Crippen molar-refractivity contribution in [2.45, 2.75) is 0 Å². The Balaban J connectivity index is 1.11. The average molecular weight is 832 g/mol. The predicted molar refractivity (Wildman–Crippen MR) is 273 cm³/mol. The largest absolute Gasteiger partial charge is 0.309 e. The Kier molecular flexibility index (Phi) is 8.23. The number of fused-ring (bicyclic) bond motifs is 9. The molecule has 4 heteroatoms. The highest BCUT2D eigenvalue weighted by Gasteiger charge is 2.41. The molecular weight excluding hydrogens is 791 g/mol. The van der Waals surface area contributed by atoms with Crippen LogP contribution in [-0.2, 0) is 0 Å². The van der Waals surface area contributed by atoms with Crippen LogP contribution >= 0.6 is 0 Å². The number of hydrogen-bond acceptors (Lipinski definition) is 0. The maximum absolute atomic E-state index is 2.79. The van der Waals surface area contributed by atoms with Gasteiger partial charge in [0.15, 0.2) is 8.07 Å². The van der Waals surface area contributed by atoms with Gasteiger partial charge in [0, 0.05) is 38.0 Å². The summed E-state index contributed by atoms with van der Waals surface area (Å²) < 4.78 is 7.51. The molecule has 64 heavy (non-hydrogen) atoms. The van der Waals surface area contributed by atoms with Gasteiger partial charge < -0.3 is 13.7 Å². The van der Waals surface area contributed by atoms with Crippen molar-refractivity contribution in [1.82, 2.24) is 13.7 Å². The highest BCUT2D eigenvalue weighted by atomic mass is 28.3. The van der Waals surface area contributed by atoms with Gasteiger partial charge >= 0.3 is 0 Å². The van der Waals surface area contributed by atoms with Gasteiger partial charge in [-0.1, -0.05) is 194 Å². The Morgan fingerprint density at radius 2 is 0.641 bits per heavy atom. The second-order valence-electron chi connectivity index (χ2n) is 16.8. The van der Waals surface area contributed by atoms with Crippen LogP contribution in [0.1, 0.15) is 0 Å². The number of hydrogen-bond donors (Lipinski definition) is 0. The molecule has 0 N–H and O–H groups in total. The molecule has 0 fully saturated rings. The summed E-state index contributed by atoms with van der Waals surface area (Å²) in [6.45, 7) is 0. The first-order valence-corrected chi connectivity index (χ1v) is 24.1. The highest BCUT2D eigenvalue weighted by molar-refractivity contribution is 7.19. The summed E-state index contributed by atoms with van der Waals surface area (Å²) in [5.41, 5.74) is 10.6. The van der Waals surface area contributed by atoms with E-state index >= 15 is 0 Å². The molecular formula is C60H41N3Si. The Labute approximate surface area is 372 Å². The van der Waals surface area contributed by atoms with Crippen molar-refractivity contribution in [3.63, 3.8) is 0 Å². The molecule has 0 aliphatic heterocycles. The van der Waals surface area contributed by atoms with Crippen molar-refractivity contribution >= 4 is 94.2 Å². The topological polar surface area (TPSA) is 14.8 Å². The van der Waals surface area contributed by atoms with E-state index < -0.39 is 8.07 Å². The lowest BCUT2D eigenvalue weighted by molar-refractivity contribution is 1.14. The Morgan fingerprint density at radius 3 is 1.22 bits per heavy atom. The zero-order valence-corrected chi connectivity index (χ0v) is 36.0.